The molecule has 6 heteroatoms. The lowest BCUT2D eigenvalue weighted by Crippen LogP contribution is -2.46. The average molecular weight is 343 g/mol. The molecule has 0 radical (unpaired) electrons. The van der Waals surface area contributed by atoms with Gasteiger partial charge in [0.15, 0.2) is 0 Å². The molecule has 1 fully saturated rings. The molecule has 0 atom stereocenters. The molecule has 2 heterocycles. The number of likely N-dealkylation sites (tertiary alicyclic amines) is 1. The molecule has 2 amide bonds. The van der Waals surface area contributed by atoms with Gasteiger partial charge in [-0.2, -0.15) is 0 Å². The second kappa shape index (κ2) is 7.01. The summed E-state index contributed by atoms with van der Waals surface area (Å²) in [5.74, 6) is 0.242. The molecule has 0 saturated carbocycles. The van der Waals surface area contributed by atoms with Crippen molar-refractivity contribution in [3.05, 3.63) is 21.3 Å². The third-order valence-electron chi connectivity index (χ3n) is 3.86. The minimum Gasteiger partial charge on any atom is -0.351 e. The molecule has 1 aliphatic heterocycles. The van der Waals surface area contributed by atoms with Crippen LogP contribution in [0.4, 0.5) is 0 Å². The van der Waals surface area contributed by atoms with E-state index in [0.717, 1.165) is 22.1 Å². The van der Waals surface area contributed by atoms with Gasteiger partial charge in [-0.05, 0) is 25.0 Å². The maximum atomic E-state index is 12.2. The summed E-state index contributed by atoms with van der Waals surface area (Å²) < 4.78 is 0.734. The van der Waals surface area contributed by atoms with Gasteiger partial charge in [0.05, 0.1) is 10.9 Å². The number of piperidine rings is 1. The van der Waals surface area contributed by atoms with E-state index in [1.165, 1.54) is 11.3 Å². The number of halogens is 1. The lowest BCUT2D eigenvalue weighted by molar-refractivity contribution is -0.142. The first-order valence-corrected chi connectivity index (χ1v) is 8.78. The molecule has 1 aromatic heterocycles. The molecule has 1 aromatic rings. The summed E-state index contributed by atoms with van der Waals surface area (Å²) in [7, 11) is 0. The van der Waals surface area contributed by atoms with Gasteiger partial charge in [-0.1, -0.05) is 32.4 Å². The summed E-state index contributed by atoms with van der Waals surface area (Å²) in [5, 5.41) is 2.97. The van der Waals surface area contributed by atoms with Crippen LogP contribution in [0, 0.1) is 11.3 Å². The number of hydrogen-bond donors (Lipinski definition) is 1. The Labute approximate surface area is 140 Å². The van der Waals surface area contributed by atoms with Crippen molar-refractivity contribution in [3.63, 3.8) is 0 Å². The second-order valence-electron chi connectivity index (χ2n) is 6.74. The van der Waals surface area contributed by atoms with Crippen LogP contribution < -0.4 is 5.32 Å². The molecule has 0 bridgehead atoms. The van der Waals surface area contributed by atoms with Crippen molar-refractivity contribution in [2.45, 2.75) is 40.2 Å². The highest BCUT2D eigenvalue weighted by Gasteiger charge is 2.32. The van der Waals surface area contributed by atoms with Crippen molar-refractivity contribution in [1.29, 1.82) is 0 Å². The summed E-state index contributed by atoms with van der Waals surface area (Å²) in [6.07, 6.45) is 1.47. The molecule has 4 nitrogen and oxygen atoms in total. The van der Waals surface area contributed by atoms with Crippen LogP contribution in [0.2, 0.25) is 4.34 Å². The zero-order valence-corrected chi connectivity index (χ0v) is 14.9. The Morgan fingerprint density at radius 2 is 1.95 bits per heavy atom. The summed E-state index contributed by atoms with van der Waals surface area (Å²) >= 11 is 7.36. The zero-order chi connectivity index (χ0) is 16.3. The van der Waals surface area contributed by atoms with Crippen LogP contribution in [0.25, 0.3) is 0 Å². The minimum absolute atomic E-state index is 0.000507. The van der Waals surface area contributed by atoms with Gasteiger partial charge >= 0.3 is 0 Å². The molecule has 0 aromatic carbocycles. The zero-order valence-electron chi connectivity index (χ0n) is 13.3. The van der Waals surface area contributed by atoms with Gasteiger partial charge in [-0.3, -0.25) is 9.59 Å². The average Bonchev–Trinajstić information content (AvgIpc) is 2.89. The summed E-state index contributed by atoms with van der Waals surface area (Å²) in [4.78, 5) is 27.4. The van der Waals surface area contributed by atoms with E-state index in [-0.39, 0.29) is 23.1 Å². The van der Waals surface area contributed by atoms with Crippen LogP contribution in [0.3, 0.4) is 0 Å². The highest BCUT2D eigenvalue weighted by atomic mass is 35.5. The van der Waals surface area contributed by atoms with Gasteiger partial charge < -0.3 is 10.2 Å². The quantitative estimate of drug-likeness (QED) is 0.916. The Morgan fingerprint density at radius 3 is 2.45 bits per heavy atom. The number of rotatable bonds is 3. The van der Waals surface area contributed by atoms with Gasteiger partial charge in [-0.25, -0.2) is 0 Å². The Balaban J connectivity index is 1.79. The van der Waals surface area contributed by atoms with Crippen LogP contribution in [-0.4, -0.2) is 29.8 Å². The standard InChI is InChI=1S/C16H23ClN2O2S/c1-16(2,3)15(21)19-8-6-11(7-9-19)14(20)18-10-12-4-5-13(17)22-12/h4-5,11H,6-10H2,1-3H3,(H,18,20). The number of amides is 2. The fourth-order valence-corrected chi connectivity index (χ4v) is 3.61. The molecule has 122 valence electrons. The van der Waals surface area contributed by atoms with Gasteiger partial charge in [0.1, 0.15) is 0 Å². The molecule has 0 spiro atoms. The molecule has 1 aliphatic rings. The van der Waals surface area contributed by atoms with Crippen molar-refractivity contribution in [1.82, 2.24) is 10.2 Å². The van der Waals surface area contributed by atoms with Crippen LogP contribution in [0.1, 0.15) is 38.5 Å². The number of carbonyl (C=O) groups is 2. The molecule has 1 saturated heterocycles. The van der Waals surface area contributed by atoms with E-state index in [2.05, 4.69) is 5.32 Å². The molecule has 2 rings (SSSR count). The molecular formula is C16H23ClN2O2S. The molecular weight excluding hydrogens is 320 g/mol. The van der Waals surface area contributed by atoms with Crippen LogP contribution in [-0.2, 0) is 16.1 Å². The van der Waals surface area contributed by atoms with Gasteiger partial charge in [0.25, 0.3) is 0 Å². The predicted molar refractivity (Wildman–Crippen MR) is 89.9 cm³/mol. The van der Waals surface area contributed by atoms with E-state index in [4.69, 9.17) is 11.6 Å². The fraction of sp³-hybridized carbons (Fsp3) is 0.625. The molecule has 22 heavy (non-hydrogen) atoms. The van der Waals surface area contributed by atoms with Gasteiger partial charge in [0, 0.05) is 29.3 Å². The van der Waals surface area contributed by atoms with Crippen molar-refractivity contribution >= 4 is 34.8 Å². The number of carbonyl (C=O) groups excluding carboxylic acids is 2. The Hall–Kier alpha value is -1.07. The lowest BCUT2D eigenvalue weighted by atomic mass is 9.90. The van der Waals surface area contributed by atoms with Crippen LogP contribution in [0.15, 0.2) is 12.1 Å². The first-order valence-electron chi connectivity index (χ1n) is 7.58. The summed E-state index contributed by atoms with van der Waals surface area (Å²) in [6.45, 7) is 7.65. The normalized spacial score (nSPS) is 16.6. The van der Waals surface area contributed by atoms with Crippen molar-refractivity contribution in [2.24, 2.45) is 11.3 Å². The molecule has 1 N–H and O–H groups in total. The number of thiophene rings is 1. The number of nitrogens with zero attached hydrogens (tertiary/aromatic N) is 1. The van der Waals surface area contributed by atoms with E-state index in [1.54, 1.807) is 0 Å². The minimum atomic E-state index is -0.354. The van der Waals surface area contributed by atoms with Crippen molar-refractivity contribution in [2.75, 3.05) is 13.1 Å². The maximum absolute atomic E-state index is 12.2. The largest absolute Gasteiger partial charge is 0.351 e. The Bertz CT molecular complexity index is 543. The molecule has 0 unspecified atom stereocenters. The third-order valence-corrected chi connectivity index (χ3v) is 5.09. The van der Waals surface area contributed by atoms with E-state index >= 15 is 0 Å². The van der Waals surface area contributed by atoms with E-state index < -0.39 is 0 Å². The lowest BCUT2D eigenvalue weighted by Gasteiger charge is -2.35. The summed E-state index contributed by atoms with van der Waals surface area (Å²) in [6, 6.07) is 3.77. The smallest absolute Gasteiger partial charge is 0.227 e. The number of hydrogen-bond acceptors (Lipinski definition) is 3. The first kappa shape index (κ1) is 17.3. The monoisotopic (exact) mass is 342 g/mol. The third kappa shape index (κ3) is 4.46. The van der Waals surface area contributed by atoms with Crippen LogP contribution in [0.5, 0.6) is 0 Å². The topological polar surface area (TPSA) is 49.4 Å². The van der Waals surface area contributed by atoms with Gasteiger partial charge in [0.2, 0.25) is 11.8 Å². The van der Waals surface area contributed by atoms with Crippen molar-refractivity contribution in [3.8, 4) is 0 Å². The Kier molecular flexibility index (Phi) is 5.50. The fourth-order valence-electron chi connectivity index (χ4n) is 2.58. The Morgan fingerprint density at radius 1 is 1.32 bits per heavy atom. The van der Waals surface area contributed by atoms with Crippen LogP contribution >= 0.6 is 22.9 Å². The summed E-state index contributed by atoms with van der Waals surface area (Å²) in [5.41, 5.74) is -0.354. The highest BCUT2D eigenvalue weighted by Crippen LogP contribution is 2.24. The van der Waals surface area contributed by atoms with E-state index in [1.807, 2.05) is 37.8 Å². The van der Waals surface area contributed by atoms with E-state index in [0.29, 0.717) is 19.6 Å². The van der Waals surface area contributed by atoms with Gasteiger partial charge in [-0.15, -0.1) is 11.3 Å². The molecule has 0 aliphatic carbocycles. The van der Waals surface area contributed by atoms with Crippen molar-refractivity contribution < 1.29 is 9.59 Å². The van der Waals surface area contributed by atoms with E-state index in [9.17, 15) is 9.59 Å². The maximum Gasteiger partial charge on any atom is 0.227 e. The second-order valence-corrected chi connectivity index (χ2v) is 8.54. The predicted octanol–water partition coefficient (Wildman–Crippen LogP) is 3.30. The number of nitrogens with one attached hydrogen (secondary N) is 1. The first-order chi connectivity index (χ1) is 10.3. The highest BCUT2D eigenvalue weighted by molar-refractivity contribution is 7.16. The SMILES string of the molecule is CC(C)(C)C(=O)N1CCC(C(=O)NCc2ccc(Cl)s2)CC1.